The standard InChI is InChI=1S/C33H35F3N2O4/c1-20(2)19-38(28(40)13-10-22-8-11-24(12-9-22)33(34,35)36)25-14-15-32(42-21(3)39)27-18-23-6-5-7-26-29(23)31(32,30(25)41-26)16-17-37(27)4/h5-9,11-12,20,25,27,30H,14-19H2,1-4H3/t25-,27-,30+,31+,32-/m1/s1. The summed E-state index contributed by atoms with van der Waals surface area (Å²) >= 11 is 0. The molecule has 1 spiro atoms. The van der Waals surface area contributed by atoms with Gasteiger partial charge in [0.25, 0.3) is 5.91 Å². The number of ether oxygens (including phenoxy) is 2. The first-order chi connectivity index (χ1) is 19.9. The van der Waals surface area contributed by atoms with E-state index in [1.54, 1.807) is 4.90 Å². The molecule has 0 aromatic heterocycles. The van der Waals surface area contributed by atoms with Gasteiger partial charge in [0.1, 0.15) is 17.5 Å². The summed E-state index contributed by atoms with van der Waals surface area (Å²) in [4.78, 5) is 30.6. The number of halogens is 3. The van der Waals surface area contributed by atoms with E-state index in [1.807, 2.05) is 26.0 Å². The summed E-state index contributed by atoms with van der Waals surface area (Å²) in [6.45, 7) is 6.77. The molecule has 6 nitrogen and oxygen atoms in total. The van der Waals surface area contributed by atoms with E-state index in [1.165, 1.54) is 24.6 Å². The molecule has 0 unspecified atom stereocenters. The van der Waals surface area contributed by atoms with Crippen LogP contribution < -0.4 is 4.74 Å². The van der Waals surface area contributed by atoms with Gasteiger partial charge in [-0.1, -0.05) is 31.9 Å². The van der Waals surface area contributed by atoms with Crippen LogP contribution in [0.1, 0.15) is 62.3 Å². The molecule has 2 aromatic rings. The molecular weight excluding hydrogens is 545 g/mol. The van der Waals surface area contributed by atoms with Crippen molar-refractivity contribution in [1.82, 2.24) is 9.80 Å². The molecule has 2 aliphatic heterocycles. The van der Waals surface area contributed by atoms with Crippen LogP contribution in [0, 0.1) is 17.8 Å². The fourth-order valence-electron chi connectivity index (χ4n) is 8.15. The zero-order valence-corrected chi connectivity index (χ0v) is 24.3. The second-order valence-corrected chi connectivity index (χ2v) is 12.5. The molecular formula is C33H35F3N2O4. The number of benzene rings is 2. The second kappa shape index (κ2) is 10.0. The largest absolute Gasteiger partial charge is 0.487 e. The lowest BCUT2D eigenvalue weighted by molar-refractivity contribution is -0.221. The van der Waals surface area contributed by atoms with E-state index in [4.69, 9.17) is 9.47 Å². The third-order valence-electron chi connectivity index (χ3n) is 9.63. The van der Waals surface area contributed by atoms with E-state index in [2.05, 4.69) is 29.9 Å². The number of nitrogens with zero attached hydrogens (tertiary/aromatic N) is 2. The highest BCUT2D eigenvalue weighted by atomic mass is 19.4. The van der Waals surface area contributed by atoms with Crippen LogP contribution >= 0.6 is 0 Å². The first-order valence-corrected chi connectivity index (χ1v) is 14.6. The number of alkyl halides is 3. The Kier molecular flexibility index (Phi) is 6.84. The number of hydrogen-bond donors (Lipinski definition) is 0. The lowest BCUT2D eigenvalue weighted by Crippen LogP contribution is -2.79. The highest BCUT2D eigenvalue weighted by Gasteiger charge is 2.75. The molecule has 1 saturated carbocycles. The predicted molar refractivity (Wildman–Crippen MR) is 150 cm³/mol. The van der Waals surface area contributed by atoms with Crippen molar-refractivity contribution in [1.29, 1.82) is 0 Å². The summed E-state index contributed by atoms with van der Waals surface area (Å²) in [5.41, 5.74) is 0.470. The molecule has 4 aliphatic rings. The molecule has 2 heterocycles. The van der Waals surface area contributed by atoms with Crippen LogP contribution in [0.25, 0.3) is 0 Å². The third-order valence-corrected chi connectivity index (χ3v) is 9.63. The van der Waals surface area contributed by atoms with Gasteiger partial charge in [-0.15, -0.1) is 0 Å². The molecule has 6 rings (SSSR count). The monoisotopic (exact) mass is 580 g/mol. The minimum atomic E-state index is -4.44. The van der Waals surface area contributed by atoms with Gasteiger partial charge >= 0.3 is 12.1 Å². The van der Waals surface area contributed by atoms with Crippen LogP contribution in [0.2, 0.25) is 0 Å². The first-order valence-electron chi connectivity index (χ1n) is 14.6. The maximum Gasteiger partial charge on any atom is 0.416 e. The molecule has 2 aromatic carbocycles. The van der Waals surface area contributed by atoms with E-state index >= 15 is 0 Å². The topological polar surface area (TPSA) is 59.1 Å². The maximum absolute atomic E-state index is 13.8. The van der Waals surface area contributed by atoms with Crippen LogP contribution in [0.15, 0.2) is 42.5 Å². The lowest BCUT2D eigenvalue weighted by Gasteiger charge is -2.65. The van der Waals surface area contributed by atoms with Crippen LogP contribution in [0.3, 0.4) is 0 Å². The van der Waals surface area contributed by atoms with Crippen molar-refractivity contribution in [2.75, 3.05) is 20.1 Å². The molecule has 2 aliphatic carbocycles. The Hall–Kier alpha value is -3.51. The van der Waals surface area contributed by atoms with Crippen molar-refractivity contribution in [3.63, 3.8) is 0 Å². The number of esters is 1. The summed E-state index contributed by atoms with van der Waals surface area (Å²) < 4.78 is 52.2. The maximum atomic E-state index is 13.8. The average molecular weight is 581 g/mol. The van der Waals surface area contributed by atoms with Crippen molar-refractivity contribution in [3.8, 4) is 17.6 Å². The Morgan fingerprint density at radius 3 is 2.57 bits per heavy atom. The van der Waals surface area contributed by atoms with Gasteiger partial charge in [0.05, 0.1) is 23.1 Å². The van der Waals surface area contributed by atoms with Crippen LogP contribution in [0.5, 0.6) is 5.75 Å². The van der Waals surface area contributed by atoms with Gasteiger partial charge in [-0.25, -0.2) is 0 Å². The van der Waals surface area contributed by atoms with Crippen LogP contribution in [-0.4, -0.2) is 65.6 Å². The SMILES string of the molecule is CC(=O)O[C@@]12CC[C@@H](N(CC(C)C)C(=O)C#Cc3ccc(C(F)(F)F)cc3)[C@@H]3Oc4cccc5c4[C@@]31CCN(C)[C@@H]2C5. The van der Waals surface area contributed by atoms with Gasteiger partial charge in [-0.2, -0.15) is 13.2 Å². The second-order valence-electron chi connectivity index (χ2n) is 12.5. The summed E-state index contributed by atoms with van der Waals surface area (Å²) in [5, 5.41) is 0. The number of likely N-dealkylation sites (N-methyl/N-ethyl adjacent to an activating group) is 1. The highest BCUT2D eigenvalue weighted by molar-refractivity contribution is 5.94. The number of likely N-dealkylation sites (tertiary alicyclic amines) is 1. The number of amides is 1. The molecule has 2 bridgehead atoms. The molecule has 0 N–H and O–H groups in total. The number of hydrogen-bond acceptors (Lipinski definition) is 5. The number of rotatable bonds is 4. The van der Waals surface area contributed by atoms with Crippen molar-refractivity contribution in [2.24, 2.45) is 5.92 Å². The number of carbonyl (C=O) groups is 2. The van der Waals surface area contributed by atoms with E-state index in [0.717, 1.165) is 42.8 Å². The van der Waals surface area contributed by atoms with Gasteiger partial charge in [0, 0.05) is 30.5 Å². The minimum absolute atomic E-state index is 0.0169. The Morgan fingerprint density at radius 1 is 1.17 bits per heavy atom. The van der Waals surface area contributed by atoms with Crippen molar-refractivity contribution >= 4 is 11.9 Å². The van der Waals surface area contributed by atoms with Crippen LogP contribution in [0.4, 0.5) is 13.2 Å². The minimum Gasteiger partial charge on any atom is -0.487 e. The summed E-state index contributed by atoms with van der Waals surface area (Å²) in [6, 6.07) is 10.3. The summed E-state index contributed by atoms with van der Waals surface area (Å²) in [5.74, 6) is 5.69. The smallest absolute Gasteiger partial charge is 0.416 e. The van der Waals surface area contributed by atoms with E-state index in [0.29, 0.717) is 24.9 Å². The molecule has 42 heavy (non-hydrogen) atoms. The van der Waals surface area contributed by atoms with E-state index in [9.17, 15) is 22.8 Å². The van der Waals surface area contributed by atoms with Crippen molar-refractivity contribution in [3.05, 3.63) is 64.7 Å². The van der Waals surface area contributed by atoms with Gasteiger partial charge in [-0.05, 0) is 81.1 Å². The quantitative estimate of drug-likeness (QED) is 0.378. The molecule has 5 atom stereocenters. The molecule has 222 valence electrons. The zero-order chi connectivity index (χ0) is 30.0. The van der Waals surface area contributed by atoms with Crippen LogP contribution in [-0.2, 0) is 32.3 Å². The lowest BCUT2D eigenvalue weighted by atomic mass is 9.48. The zero-order valence-electron chi connectivity index (χ0n) is 24.3. The van der Waals surface area contributed by atoms with Crippen molar-refractivity contribution in [2.45, 2.75) is 81.8 Å². The summed E-state index contributed by atoms with van der Waals surface area (Å²) in [6.07, 6.45) is -2.26. The normalized spacial score (nSPS) is 29.2. The Morgan fingerprint density at radius 2 is 1.90 bits per heavy atom. The fraction of sp³-hybridized carbons (Fsp3) is 0.515. The number of piperidine rings is 1. The molecule has 0 radical (unpaired) electrons. The third kappa shape index (κ3) is 4.29. The van der Waals surface area contributed by atoms with Gasteiger partial charge in [0.2, 0.25) is 0 Å². The highest BCUT2D eigenvalue weighted by Crippen LogP contribution is 2.65. The Bertz CT molecular complexity index is 1480. The van der Waals surface area contributed by atoms with E-state index in [-0.39, 0.29) is 24.0 Å². The fourth-order valence-corrected chi connectivity index (χ4v) is 8.15. The van der Waals surface area contributed by atoms with Gasteiger partial charge in [0.15, 0.2) is 0 Å². The average Bonchev–Trinajstić information content (AvgIpc) is 3.27. The van der Waals surface area contributed by atoms with Crippen molar-refractivity contribution < 1.29 is 32.2 Å². The molecule has 2 fully saturated rings. The van der Waals surface area contributed by atoms with E-state index < -0.39 is 34.8 Å². The number of carbonyl (C=O) groups excluding carboxylic acids is 2. The Labute approximate surface area is 244 Å². The van der Waals surface area contributed by atoms with Gasteiger partial charge in [-0.3, -0.25) is 14.5 Å². The Balaban J connectivity index is 1.40. The first kappa shape index (κ1) is 28.6. The van der Waals surface area contributed by atoms with Gasteiger partial charge < -0.3 is 14.4 Å². The predicted octanol–water partition coefficient (Wildman–Crippen LogP) is 4.97. The molecule has 9 heteroatoms. The molecule has 1 amide bonds. The molecule has 1 saturated heterocycles. The summed E-state index contributed by atoms with van der Waals surface area (Å²) in [7, 11) is 2.08.